The van der Waals surface area contributed by atoms with Gasteiger partial charge in [-0.05, 0) is 37.7 Å². The summed E-state index contributed by atoms with van der Waals surface area (Å²) >= 11 is 0. The van der Waals surface area contributed by atoms with Crippen molar-refractivity contribution in [2.24, 2.45) is 5.41 Å². The van der Waals surface area contributed by atoms with Crippen molar-refractivity contribution >= 4 is 17.4 Å². The van der Waals surface area contributed by atoms with Gasteiger partial charge in [0.2, 0.25) is 0 Å². The molecule has 128 valence electrons. The van der Waals surface area contributed by atoms with Gasteiger partial charge in [0, 0.05) is 30.5 Å². The lowest BCUT2D eigenvalue weighted by atomic mass is 9.79. The molecule has 7 heteroatoms. The first-order valence-corrected chi connectivity index (χ1v) is 7.78. The molecule has 0 heterocycles. The maximum atomic E-state index is 12.0. The molecule has 0 fully saturated rings. The lowest BCUT2D eigenvalue weighted by molar-refractivity contribution is -0.385. The molecule has 3 N–H and O–H groups in total. The molecular weight excluding hydrogens is 298 g/mol. The number of hydrogen-bond acceptors (Lipinski definition) is 4. The van der Waals surface area contributed by atoms with E-state index in [-0.39, 0.29) is 17.7 Å². The second-order valence-corrected chi connectivity index (χ2v) is 5.75. The first kappa shape index (κ1) is 18.9. The van der Waals surface area contributed by atoms with E-state index < -0.39 is 11.0 Å². The van der Waals surface area contributed by atoms with Gasteiger partial charge in [0.25, 0.3) is 5.69 Å². The lowest BCUT2D eigenvalue weighted by Gasteiger charge is -2.31. The molecule has 0 aliphatic rings. The van der Waals surface area contributed by atoms with Gasteiger partial charge in [-0.3, -0.25) is 10.1 Å². The van der Waals surface area contributed by atoms with E-state index in [9.17, 15) is 20.0 Å². The highest BCUT2D eigenvalue weighted by Crippen LogP contribution is 2.29. The molecule has 0 saturated carbocycles. The maximum Gasteiger partial charge on any atom is 0.319 e. The summed E-state index contributed by atoms with van der Waals surface area (Å²) in [6, 6.07) is 4.16. The smallest absolute Gasteiger partial charge is 0.319 e. The average Bonchev–Trinajstić information content (AvgIpc) is 2.53. The van der Waals surface area contributed by atoms with E-state index in [2.05, 4.69) is 10.6 Å². The Morgan fingerprint density at radius 2 is 2.00 bits per heavy atom. The second kappa shape index (κ2) is 8.47. The molecule has 0 aromatic heterocycles. The number of carbonyl (C=O) groups excluding carboxylic acids is 1. The highest BCUT2D eigenvalue weighted by atomic mass is 16.6. The van der Waals surface area contributed by atoms with Crippen LogP contribution in [-0.4, -0.2) is 29.2 Å². The van der Waals surface area contributed by atoms with Gasteiger partial charge in [0.15, 0.2) is 0 Å². The zero-order valence-electron chi connectivity index (χ0n) is 13.9. The number of amides is 2. The zero-order valence-corrected chi connectivity index (χ0v) is 13.9. The van der Waals surface area contributed by atoms with Crippen molar-refractivity contribution in [3.8, 4) is 0 Å². The number of nitrogens with one attached hydrogen (secondary N) is 2. The maximum absolute atomic E-state index is 12.0. The summed E-state index contributed by atoms with van der Waals surface area (Å²) < 4.78 is 0. The Balaban J connectivity index is 2.70. The molecule has 0 radical (unpaired) electrons. The molecule has 0 aliphatic heterocycles. The Kier molecular flexibility index (Phi) is 6.96. The van der Waals surface area contributed by atoms with Crippen molar-refractivity contribution in [3.63, 3.8) is 0 Å². The molecule has 1 aromatic carbocycles. The summed E-state index contributed by atoms with van der Waals surface area (Å²) in [7, 11) is 0. The summed E-state index contributed by atoms with van der Waals surface area (Å²) in [6.45, 7) is 6.23. The summed E-state index contributed by atoms with van der Waals surface area (Å²) in [5.41, 5.74) is 0.755. The van der Waals surface area contributed by atoms with Crippen molar-refractivity contribution in [1.82, 2.24) is 5.32 Å². The highest BCUT2D eigenvalue weighted by molar-refractivity contribution is 5.89. The third-order valence-electron chi connectivity index (χ3n) is 4.43. The van der Waals surface area contributed by atoms with Gasteiger partial charge in [-0.15, -0.1) is 0 Å². The number of carbonyl (C=O) groups is 1. The van der Waals surface area contributed by atoms with Crippen molar-refractivity contribution in [2.75, 3.05) is 18.5 Å². The number of benzene rings is 1. The third-order valence-corrected chi connectivity index (χ3v) is 4.43. The molecule has 0 unspecified atom stereocenters. The van der Waals surface area contributed by atoms with Crippen LogP contribution >= 0.6 is 0 Å². The minimum absolute atomic E-state index is 0.0282. The Hall–Kier alpha value is -2.15. The van der Waals surface area contributed by atoms with Gasteiger partial charge in [0.05, 0.1) is 4.92 Å². The molecule has 1 rings (SSSR count). The van der Waals surface area contributed by atoms with Crippen LogP contribution in [0.25, 0.3) is 0 Å². The van der Waals surface area contributed by atoms with Gasteiger partial charge in [-0.25, -0.2) is 4.79 Å². The predicted octanol–water partition coefficient (Wildman–Crippen LogP) is 3.21. The van der Waals surface area contributed by atoms with Crippen LogP contribution in [0, 0.1) is 22.5 Å². The number of nitro groups is 1. The molecule has 0 aliphatic carbocycles. The fraction of sp³-hybridized carbons (Fsp3) is 0.562. The Morgan fingerprint density at radius 1 is 1.35 bits per heavy atom. The molecule has 0 atom stereocenters. The molecular formula is C16H25N3O4. The van der Waals surface area contributed by atoms with Crippen molar-refractivity contribution in [2.45, 2.75) is 40.0 Å². The standard InChI is InChI=1S/C16H25N3O4/c1-4-16(5-2,8-9-20)11-17-15(21)18-13-7-6-12(3)14(10-13)19(22)23/h6-7,10,20H,4-5,8-9,11H2,1-3H3,(H2,17,18,21). The SMILES string of the molecule is CCC(CC)(CCO)CNC(=O)Nc1ccc(C)c([N+](=O)[O-])c1. The summed E-state index contributed by atoms with van der Waals surface area (Å²) in [6.07, 6.45) is 2.32. The Labute approximate surface area is 136 Å². The van der Waals surface area contributed by atoms with Crippen LogP contribution in [0.15, 0.2) is 18.2 Å². The number of anilines is 1. The monoisotopic (exact) mass is 323 g/mol. The zero-order chi connectivity index (χ0) is 17.5. The summed E-state index contributed by atoms with van der Waals surface area (Å²) in [5.74, 6) is 0. The van der Waals surface area contributed by atoms with Crippen LogP contribution in [0.4, 0.5) is 16.2 Å². The van der Waals surface area contributed by atoms with E-state index in [0.717, 1.165) is 12.8 Å². The highest BCUT2D eigenvalue weighted by Gasteiger charge is 2.26. The van der Waals surface area contributed by atoms with Crippen LogP contribution in [0.3, 0.4) is 0 Å². The fourth-order valence-electron chi connectivity index (χ4n) is 2.51. The lowest BCUT2D eigenvalue weighted by Crippen LogP contribution is -2.39. The molecule has 1 aromatic rings. The van der Waals surface area contributed by atoms with Gasteiger partial charge in [0.1, 0.15) is 0 Å². The van der Waals surface area contributed by atoms with E-state index in [1.165, 1.54) is 6.07 Å². The second-order valence-electron chi connectivity index (χ2n) is 5.75. The van der Waals surface area contributed by atoms with E-state index in [1.54, 1.807) is 19.1 Å². The van der Waals surface area contributed by atoms with Gasteiger partial charge >= 0.3 is 6.03 Å². The van der Waals surface area contributed by atoms with Crippen LogP contribution in [-0.2, 0) is 0 Å². The minimum atomic E-state index is -0.473. The number of aliphatic hydroxyl groups excluding tert-OH is 1. The van der Waals surface area contributed by atoms with Gasteiger partial charge in [-0.1, -0.05) is 19.9 Å². The number of aliphatic hydroxyl groups is 1. The van der Waals surface area contributed by atoms with Crippen molar-refractivity contribution in [3.05, 3.63) is 33.9 Å². The average molecular weight is 323 g/mol. The predicted molar refractivity (Wildman–Crippen MR) is 89.6 cm³/mol. The van der Waals surface area contributed by atoms with E-state index in [1.807, 2.05) is 13.8 Å². The number of nitro benzene ring substituents is 1. The fourth-order valence-corrected chi connectivity index (χ4v) is 2.51. The molecule has 23 heavy (non-hydrogen) atoms. The Morgan fingerprint density at radius 3 is 2.52 bits per heavy atom. The number of rotatable bonds is 8. The number of nitrogens with zero attached hydrogens (tertiary/aromatic N) is 1. The number of hydrogen-bond donors (Lipinski definition) is 3. The molecule has 0 spiro atoms. The van der Waals surface area contributed by atoms with Gasteiger partial charge in [-0.2, -0.15) is 0 Å². The number of aryl methyl sites for hydroxylation is 1. The minimum Gasteiger partial charge on any atom is -0.396 e. The first-order valence-electron chi connectivity index (χ1n) is 7.78. The quantitative estimate of drug-likeness (QED) is 0.504. The molecule has 0 bridgehead atoms. The van der Waals surface area contributed by atoms with Crippen molar-refractivity contribution in [1.29, 1.82) is 0 Å². The van der Waals surface area contributed by atoms with E-state index >= 15 is 0 Å². The third kappa shape index (κ3) is 5.21. The normalized spacial score (nSPS) is 11.1. The largest absolute Gasteiger partial charge is 0.396 e. The summed E-state index contributed by atoms with van der Waals surface area (Å²) in [5, 5.41) is 25.5. The number of urea groups is 1. The first-order chi connectivity index (χ1) is 10.9. The van der Waals surface area contributed by atoms with Crippen LogP contribution in [0.5, 0.6) is 0 Å². The van der Waals surface area contributed by atoms with E-state index in [4.69, 9.17) is 0 Å². The topological polar surface area (TPSA) is 104 Å². The molecule has 2 amide bonds. The summed E-state index contributed by atoms with van der Waals surface area (Å²) in [4.78, 5) is 22.5. The van der Waals surface area contributed by atoms with Crippen LogP contribution < -0.4 is 10.6 Å². The molecule has 0 saturated heterocycles. The van der Waals surface area contributed by atoms with E-state index in [0.29, 0.717) is 24.2 Å². The Bertz CT molecular complexity index is 556. The van der Waals surface area contributed by atoms with Gasteiger partial charge < -0.3 is 15.7 Å². The van der Waals surface area contributed by atoms with Crippen LogP contribution in [0.2, 0.25) is 0 Å². The molecule has 7 nitrogen and oxygen atoms in total. The van der Waals surface area contributed by atoms with Crippen molar-refractivity contribution < 1.29 is 14.8 Å². The van der Waals surface area contributed by atoms with Crippen LogP contribution in [0.1, 0.15) is 38.7 Å².